The number of nitrogens with one attached hydrogen (secondary N) is 1. The highest BCUT2D eigenvalue weighted by Crippen LogP contribution is 2.18. The van der Waals surface area contributed by atoms with Gasteiger partial charge in [0.2, 0.25) is 0 Å². The highest BCUT2D eigenvalue weighted by atomic mass is 16.5. The lowest BCUT2D eigenvalue weighted by molar-refractivity contribution is 0.0996. The number of carbonyl (C=O) groups is 1. The van der Waals surface area contributed by atoms with E-state index in [2.05, 4.69) is 11.4 Å². The maximum atomic E-state index is 12.0. The van der Waals surface area contributed by atoms with Crippen LogP contribution in [0.25, 0.3) is 0 Å². The lowest BCUT2D eigenvalue weighted by Gasteiger charge is -2.10. The molecule has 2 aromatic carbocycles. The molecule has 0 bridgehead atoms. The first-order chi connectivity index (χ1) is 12.7. The molecule has 0 aliphatic carbocycles. The van der Waals surface area contributed by atoms with Crippen molar-refractivity contribution in [2.75, 3.05) is 18.5 Å². The van der Waals surface area contributed by atoms with Gasteiger partial charge in [-0.2, -0.15) is 5.26 Å². The Hall–Kier alpha value is -3.72. The Morgan fingerprint density at radius 3 is 2.46 bits per heavy atom. The fourth-order valence-corrected chi connectivity index (χ4v) is 2.21. The standard InChI is InChI=1S/C20H16N2O4/c21-14-15-6-8-17(9-7-15)24-11-12-25-18-4-1-3-16(13-18)22-20(23)19-5-2-10-26-19/h1-10,13H,11-12H2,(H,22,23). The van der Waals surface area contributed by atoms with E-state index in [-0.39, 0.29) is 11.7 Å². The molecular weight excluding hydrogens is 332 g/mol. The first kappa shape index (κ1) is 17.1. The van der Waals surface area contributed by atoms with Gasteiger partial charge >= 0.3 is 0 Å². The summed E-state index contributed by atoms with van der Waals surface area (Å²) in [7, 11) is 0. The van der Waals surface area contributed by atoms with E-state index in [0.29, 0.717) is 36.0 Å². The van der Waals surface area contributed by atoms with E-state index in [9.17, 15) is 4.79 Å². The number of nitrogens with zero attached hydrogens (tertiary/aromatic N) is 1. The van der Waals surface area contributed by atoms with Gasteiger partial charge in [0.25, 0.3) is 5.91 Å². The van der Waals surface area contributed by atoms with Crippen LogP contribution in [0.3, 0.4) is 0 Å². The first-order valence-electron chi connectivity index (χ1n) is 7.95. The number of carbonyl (C=O) groups excluding carboxylic acids is 1. The zero-order valence-corrected chi connectivity index (χ0v) is 13.8. The summed E-state index contributed by atoms with van der Waals surface area (Å²) in [4.78, 5) is 12.0. The van der Waals surface area contributed by atoms with Gasteiger partial charge in [-0.25, -0.2) is 0 Å². The van der Waals surface area contributed by atoms with E-state index in [1.165, 1.54) is 6.26 Å². The van der Waals surface area contributed by atoms with E-state index in [1.54, 1.807) is 60.7 Å². The van der Waals surface area contributed by atoms with Crippen molar-refractivity contribution in [1.29, 1.82) is 5.26 Å². The maximum absolute atomic E-state index is 12.0. The molecule has 6 nitrogen and oxygen atoms in total. The third-order valence-corrected chi connectivity index (χ3v) is 3.44. The van der Waals surface area contributed by atoms with Crippen LogP contribution in [-0.2, 0) is 0 Å². The third kappa shape index (κ3) is 4.65. The van der Waals surface area contributed by atoms with Crippen LogP contribution < -0.4 is 14.8 Å². The molecule has 0 saturated carbocycles. The molecular formula is C20H16N2O4. The molecule has 3 aromatic rings. The van der Waals surface area contributed by atoms with Crippen LogP contribution in [0, 0.1) is 11.3 Å². The van der Waals surface area contributed by atoms with Gasteiger partial charge in [-0.15, -0.1) is 0 Å². The SMILES string of the molecule is N#Cc1ccc(OCCOc2cccc(NC(=O)c3ccco3)c2)cc1. The van der Waals surface area contributed by atoms with E-state index < -0.39 is 0 Å². The molecule has 6 heteroatoms. The third-order valence-electron chi connectivity index (χ3n) is 3.44. The number of rotatable bonds is 7. The van der Waals surface area contributed by atoms with Gasteiger partial charge < -0.3 is 19.2 Å². The van der Waals surface area contributed by atoms with Crippen molar-refractivity contribution >= 4 is 11.6 Å². The summed E-state index contributed by atoms with van der Waals surface area (Å²) in [6.07, 6.45) is 1.45. The molecule has 1 heterocycles. The molecule has 130 valence electrons. The van der Waals surface area contributed by atoms with E-state index >= 15 is 0 Å². The van der Waals surface area contributed by atoms with Crippen molar-refractivity contribution in [3.63, 3.8) is 0 Å². The molecule has 1 aromatic heterocycles. The molecule has 0 unspecified atom stereocenters. The predicted molar refractivity (Wildman–Crippen MR) is 95.3 cm³/mol. The van der Waals surface area contributed by atoms with Crippen LogP contribution in [0.2, 0.25) is 0 Å². The number of hydrogen-bond donors (Lipinski definition) is 1. The Bertz CT molecular complexity index is 896. The summed E-state index contributed by atoms with van der Waals surface area (Å²) in [6.45, 7) is 0.699. The normalized spacial score (nSPS) is 9.96. The summed E-state index contributed by atoms with van der Waals surface area (Å²) in [5, 5.41) is 11.5. The molecule has 1 N–H and O–H groups in total. The molecule has 1 amide bonds. The fourth-order valence-electron chi connectivity index (χ4n) is 2.21. The number of benzene rings is 2. The second-order valence-corrected chi connectivity index (χ2v) is 5.29. The summed E-state index contributed by atoms with van der Waals surface area (Å²) < 4.78 is 16.2. The average Bonchev–Trinajstić information content (AvgIpc) is 3.21. The number of anilines is 1. The van der Waals surface area contributed by atoms with Gasteiger partial charge in [0.1, 0.15) is 24.7 Å². The van der Waals surface area contributed by atoms with Gasteiger partial charge in [0, 0.05) is 11.8 Å². The van der Waals surface area contributed by atoms with Gasteiger partial charge in [-0.3, -0.25) is 4.79 Å². The number of hydrogen-bond acceptors (Lipinski definition) is 5. The van der Waals surface area contributed by atoms with Crippen LogP contribution in [0.4, 0.5) is 5.69 Å². The molecule has 0 spiro atoms. The second kappa shape index (κ2) is 8.40. The Labute approximate surface area is 150 Å². The molecule has 3 rings (SSSR count). The summed E-state index contributed by atoms with van der Waals surface area (Å²) in [5.41, 5.74) is 1.19. The highest BCUT2D eigenvalue weighted by Gasteiger charge is 2.09. The van der Waals surface area contributed by atoms with Crippen molar-refractivity contribution < 1.29 is 18.7 Å². The van der Waals surface area contributed by atoms with Crippen LogP contribution >= 0.6 is 0 Å². The molecule has 0 atom stereocenters. The van der Waals surface area contributed by atoms with Crippen molar-refractivity contribution in [3.8, 4) is 17.6 Å². The summed E-state index contributed by atoms with van der Waals surface area (Å²) >= 11 is 0. The second-order valence-electron chi connectivity index (χ2n) is 5.29. The molecule has 0 fully saturated rings. The number of amides is 1. The van der Waals surface area contributed by atoms with Gasteiger partial charge in [-0.05, 0) is 48.5 Å². The highest BCUT2D eigenvalue weighted by molar-refractivity contribution is 6.02. The van der Waals surface area contributed by atoms with E-state index in [4.69, 9.17) is 19.2 Å². The van der Waals surface area contributed by atoms with Gasteiger partial charge in [0.05, 0.1) is 17.9 Å². The Balaban J connectivity index is 1.47. The van der Waals surface area contributed by atoms with Crippen molar-refractivity contribution in [2.45, 2.75) is 0 Å². The van der Waals surface area contributed by atoms with Gasteiger partial charge in [0.15, 0.2) is 5.76 Å². The molecule has 0 radical (unpaired) electrons. The zero-order chi connectivity index (χ0) is 18.2. The molecule has 26 heavy (non-hydrogen) atoms. The Kier molecular flexibility index (Phi) is 5.53. The number of nitriles is 1. The van der Waals surface area contributed by atoms with Crippen LogP contribution in [0.15, 0.2) is 71.3 Å². The minimum Gasteiger partial charge on any atom is -0.490 e. The predicted octanol–water partition coefficient (Wildman–Crippen LogP) is 3.86. The van der Waals surface area contributed by atoms with E-state index in [1.807, 2.05) is 0 Å². The number of furan rings is 1. The van der Waals surface area contributed by atoms with Crippen molar-refractivity contribution in [3.05, 3.63) is 78.3 Å². The lowest BCUT2D eigenvalue weighted by atomic mass is 10.2. The summed E-state index contributed by atoms with van der Waals surface area (Å²) in [5.74, 6) is 1.21. The van der Waals surface area contributed by atoms with Crippen LogP contribution in [-0.4, -0.2) is 19.1 Å². The van der Waals surface area contributed by atoms with Crippen molar-refractivity contribution in [1.82, 2.24) is 0 Å². The zero-order valence-electron chi connectivity index (χ0n) is 13.8. The number of ether oxygens (including phenoxy) is 2. The minimum absolute atomic E-state index is 0.243. The first-order valence-corrected chi connectivity index (χ1v) is 7.95. The van der Waals surface area contributed by atoms with Crippen molar-refractivity contribution in [2.24, 2.45) is 0 Å². The largest absolute Gasteiger partial charge is 0.490 e. The Morgan fingerprint density at radius 2 is 1.77 bits per heavy atom. The maximum Gasteiger partial charge on any atom is 0.291 e. The van der Waals surface area contributed by atoms with Gasteiger partial charge in [-0.1, -0.05) is 6.07 Å². The molecule has 0 saturated heterocycles. The summed E-state index contributed by atoms with van der Waals surface area (Å²) in [6, 6.07) is 19.2. The van der Waals surface area contributed by atoms with Crippen LogP contribution in [0.1, 0.15) is 16.1 Å². The lowest BCUT2D eigenvalue weighted by Crippen LogP contribution is -2.11. The fraction of sp³-hybridized carbons (Fsp3) is 0.100. The van der Waals surface area contributed by atoms with E-state index in [0.717, 1.165) is 0 Å². The molecule has 0 aliphatic heterocycles. The Morgan fingerprint density at radius 1 is 1.00 bits per heavy atom. The monoisotopic (exact) mass is 348 g/mol. The quantitative estimate of drug-likeness (QED) is 0.655. The topological polar surface area (TPSA) is 84.5 Å². The smallest absolute Gasteiger partial charge is 0.291 e. The average molecular weight is 348 g/mol. The minimum atomic E-state index is -0.323. The van der Waals surface area contributed by atoms with Crippen LogP contribution in [0.5, 0.6) is 11.5 Å². The molecule has 0 aliphatic rings.